The van der Waals surface area contributed by atoms with Crippen LogP contribution in [0.25, 0.3) is 11.3 Å². The van der Waals surface area contributed by atoms with Crippen LogP contribution in [-0.4, -0.2) is 114 Å². The number of rotatable bonds is 22. The summed E-state index contributed by atoms with van der Waals surface area (Å²) in [5.74, 6) is -2.55. The third-order valence-corrected chi connectivity index (χ3v) is 13.0. The number of hydrogen-bond donors (Lipinski definition) is 6. The third kappa shape index (κ3) is 12.3. The predicted molar refractivity (Wildman–Crippen MR) is 260 cm³/mol. The summed E-state index contributed by atoms with van der Waals surface area (Å²) in [6.45, 7) is 0.779. The molecule has 0 aliphatic carbocycles. The number of aliphatic hydroxyl groups is 1. The van der Waals surface area contributed by atoms with Crippen molar-refractivity contribution >= 4 is 67.6 Å². The number of ether oxygens (including phenoxy) is 3. The normalized spacial score (nSPS) is 15.4. The van der Waals surface area contributed by atoms with Crippen molar-refractivity contribution in [3.8, 4) is 22.8 Å². The molecule has 1 saturated heterocycles. The van der Waals surface area contributed by atoms with Gasteiger partial charge in [0.25, 0.3) is 23.6 Å². The summed E-state index contributed by atoms with van der Waals surface area (Å²) < 4.78 is 42.5. The number of aliphatic hydroxyl groups excluding tert-OH is 1. The summed E-state index contributed by atoms with van der Waals surface area (Å²) >= 11 is 1.22. The molecule has 6 N–H and O–H groups in total. The Morgan fingerprint density at radius 1 is 0.901 bits per heavy atom. The molecule has 0 radical (unpaired) electrons. The molecule has 2 aliphatic heterocycles. The molecule has 71 heavy (non-hydrogen) atoms. The average molecular weight is 1010 g/mol. The van der Waals surface area contributed by atoms with Crippen LogP contribution in [0.15, 0.2) is 121 Å². The number of aromatic nitrogens is 2. The predicted octanol–water partition coefficient (Wildman–Crippen LogP) is 3.92. The topological polar surface area (TPSA) is 266 Å². The SMILES string of the molecule is CS(=O)(=O)n1ccc(C(=O)NC(COCc2ccc(C(O)NCCOc3cccc(OCCNc4cccc5c4C(=O)N(C4CCC(=O)NC4=O)C5=O)c3)cc2)C(=O)Nc2nc(-c3ccccc3)cs2)c1. The first-order chi connectivity index (χ1) is 34.2. The number of piperidine rings is 1. The van der Waals surface area contributed by atoms with Crippen molar-refractivity contribution in [2.75, 3.05) is 49.8 Å². The van der Waals surface area contributed by atoms with E-state index in [1.807, 2.05) is 30.3 Å². The third-order valence-electron chi connectivity index (χ3n) is 11.3. The second-order valence-corrected chi connectivity index (χ2v) is 19.0. The van der Waals surface area contributed by atoms with Crippen LogP contribution in [0, 0.1) is 0 Å². The van der Waals surface area contributed by atoms with Gasteiger partial charge in [-0.3, -0.25) is 48.3 Å². The molecule has 20 nitrogen and oxygen atoms in total. The van der Waals surface area contributed by atoms with Gasteiger partial charge in [-0.1, -0.05) is 66.7 Å². The van der Waals surface area contributed by atoms with E-state index in [1.165, 1.54) is 29.7 Å². The number of carbonyl (C=O) groups is 6. The van der Waals surface area contributed by atoms with Gasteiger partial charge in [0.1, 0.15) is 43.0 Å². The molecule has 8 rings (SSSR count). The zero-order valence-electron chi connectivity index (χ0n) is 38.0. The number of fused-ring (bicyclic) bond motifs is 1. The highest BCUT2D eigenvalue weighted by atomic mass is 32.2. The van der Waals surface area contributed by atoms with E-state index in [0.29, 0.717) is 33.6 Å². The lowest BCUT2D eigenvalue weighted by atomic mass is 10.0. The molecule has 22 heteroatoms. The minimum Gasteiger partial charge on any atom is -0.492 e. The second-order valence-electron chi connectivity index (χ2n) is 16.3. The zero-order chi connectivity index (χ0) is 50.1. The summed E-state index contributed by atoms with van der Waals surface area (Å²) in [5, 5.41) is 26.7. The molecule has 3 unspecified atom stereocenters. The highest BCUT2D eigenvalue weighted by Crippen LogP contribution is 2.32. The number of carbonyl (C=O) groups excluding carboxylic acids is 6. The van der Waals surface area contributed by atoms with E-state index in [0.717, 1.165) is 32.5 Å². The van der Waals surface area contributed by atoms with Crippen molar-refractivity contribution in [2.45, 2.75) is 37.8 Å². The molecule has 0 spiro atoms. The number of imide groups is 2. The van der Waals surface area contributed by atoms with E-state index < -0.39 is 63.8 Å². The number of nitrogens with zero attached hydrogens (tertiary/aromatic N) is 3. The largest absolute Gasteiger partial charge is 0.492 e. The van der Waals surface area contributed by atoms with E-state index in [4.69, 9.17) is 14.2 Å². The molecule has 6 amide bonds. The van der Waals surface area contributed by atoms with E-state index in [2.05, 4.69) is 31.6 Å². The molecule has 0 saturated carbocycles. The van der Waals surface area contributed by atoms with Gasteiger partial charge in [0, 0.05) is 54.6 Å². The maximum Gasteiger partial charge on any atom is 0.264 e. The van der Waals surface area contributed by atoms with Crippen LogP contribution in [0.4, 0.5) is 10.8 Å². The van der Waals surface area contributed by atoms with Crippen LogP contribution < -0.4 is 36.1 Å². The molecule has 1 fully saturated rings. The molecular weight excluding hydrogens is 957 g/mol. The smallest absolute Gasteiger partial charge is 0.264 e. The molecule has 2 aliphatic rings. The Morgan fingerprint density at radius 2 is 1.63 bits per heavy atom. The summed E-state index contributed by atoms with van der Waals surface area (Å²) in [5.41, 5.74) is 3.60. The Morgan fingerprint density at radius 3 is 2.35 bits per heavy atom. The fourth-order valence-electron chi connectivity index (χ4n) is 7.65. The molecule has 6 aromatic rings. The fraction of sp³-hybridized carbons (Fsp3) is 0.245. The number of benzene rings is 4. The summed E-state index contributed by atoms with van der Waals surface area (Å²) in [7, 11) is -3.64. The van der Waals surface area contributed by atoms with Crippen LogP contribution >= 0.6 is 11.3 Å². The maximum absolute atomic E-state index is 13.5. The number of thiazole rings is 1. The molecule has 2 aromatic heterocycles. The van der Waals surface area contributed by atoms with E-state index in [1.54, 1.807) is 66.0 Å². The monoisotopic (exact) mass is 1000 g/mol. The van der Waals surface area contributed by atoms with Crippen molar-refractivity contribution in [2.24, 2.45) is 0 Å². The van der Waals surface area contributed by atoms with Crippen molar-refractivity contribution in [1.29, 1.82) is 0 Å². The van der Waals surface area contributed by atoms with Crippen LogP contribution in [0.5, 0.6) is 11.5 Å². The minimum absolute atomic E-state index is 0.0278. The van der Waals surface area contributed by atoms with E-state index in [9.17, 15) is 42.3 Å². The summed E-state index contributed by atoms with van der Waals surface area (Å²) in [4.78, 5) is 82.7. The van der Waals surface area contributed by atoms with Gasteiger partial charge in [-0.25, -0.2) is 13.4 Å². The highest BCUT2D eigenvalue weighted by molar-refractivity contribution is 7.89. The number of nitrogens with one attached hydrogen (secondary N) is 5. The van der Waals surface area contributed by atoms with Crippen molar-refractivity contribution in [3.63, 3.8) is 0 Å². The van der Waals surface area contributed by atoms with Crippen LogP contribution in [-0.2, 0) is 35.8 Å². The van der Waals surface area contributed by atoms with Crippen molar-refractivity contribution in [1.82, 2.24) is 29.8 Å². The van der Waals surface area contributed by atoms with E-state index >= 15 is 0 Å². The Bertz CT molecular complexity index is 3050. The molecule has 4 heterocycles. The zero-order valence-corrected chi connectivity index (χ0v) is 39.7. The highest BCUT2D eigenvalue weighted by Gasteiger charge is 2.45. The molecule has 368 valence electrons. The lowest BCUT2D eigenvalue weighted by molar-refractivity contribution is -0.136. The quantitative estimate of drug-likeness (QED) is 0.0320. The maximum atomic E-state index is 13.5. The Kier molecular flexibility index (Phi) is 15.6. The number of amides is 6. The molecule has 0 bridgehead atoms. The second kappa shape index (κ2) is 22.3. The summed E-state index contributed by atoms with van der Waals surface area (Å²) in [6.07, 6.45) is 2.46. The Labute approximate surface area is 411 Å². The van der Waals surface area contributed by atoms with Crippen LogP contribution in [0.3, 0.4) is 0 Å². The lowest BCUT2D eigenvalue weighted by Crippen LogP contribution is -2.54. The molecular formula is C49H48N8O12S2. The Balaban J connectivity index is 0.772. The van der Waals surface area contributed by atoms with Gasteiger partial charge in [0.15, 0.2) is 5.13 Å². The minimum atomic E-state index is -3.64. The first-order valence-electron chi connectivity index (χ1n) is 22.2. The van der Waals surface area contributed by atoms with Crippen molar-refractivity contribution < 1.29 is 56.5 Å². The van der Waals surface area contributed by atoms with E-state index in [-0.39, 0.29) is 69.0 Å². The van der Waals surface area contributed by atoms with Gasteiger partial charge < -0.3 is 35.3 Å². The van der Waals surface area contributed by atoms with Crippen LogP contribution in [0.2, 0.25) is 0 Å². The van der Waals surface area contributed by atoms with Gasteiger partial charge in [0.2, 0.25) is 21.8 Å². The van der Waals surface area contributed by atoms with Gasteiger partial charge >= 0.3 is 0 Å². The molecule has 3 atom stereocenters. The number of anilines is 2. The number of hydrogen-bond acceptors (Lipinski definition) is 16. The van der Waals surface area contributed by atoms with Crippen molar-refractivity contribution in [3.05, 3.63) is 149 Å². The van der Waals surface area contributed by atoms with Gasteiger partial charge in [0.05, 0.1) is 41.9 Å². The first kappa shape index (κ1) is 49.7. The fourth-order valence-corrected chi connectivity index (χ4v) is 8.96. The average Bonchev–Trinajstić information content (AvgIpc) is 4.12. The van der Waals surface area contributed by atoms with Crippen LogP contribution in [0.1, 0.15) is 61.3 Å². The molecule has 4 aromatic carbocycles. The van der Waals surface area contributed by atoms with Gasteiger partial charge in [-0.2, -0.15) is 0 Å². The standard InChI is InChI=1S/C49H48N8O12S2/c1-71(65,66)56-22-19-33(26-56)44(60)52-38(45(61)55-49-53-39(29-70-49)31-7-3-2-4-8-31)28-67-27-30-13-15-32(16-14-30)43(59)51-21-24-69-35-10-5-9-34(25-35)68-23-20-50-37-12-6-11-36-42(37)48(64)57(47(36)63)40-17-18-41(58)54-46(40)62/h2-16,19,22,25-26,29,38,40,43,50-51,59H,17-18,20-21,23-24,27-28H2,1H3,(H,52,60)(H,53,55,61)(H,54,58,62). The van der Waals surface area contributed by atoms with Gasteiger partial charge in [-0.15, -0.1) is 11.3 Å². The summed E-state index contributed by atoms with van der Waals surface area (Å²) in [6, 6.07) is 27.3. The van der Waals surface area contributed by atoms with Gasteiger partial charge in [-0.05, 0) is 47.9 Å². The first-order valence-corrected chi connectivity index (χ1v) is 25.0. The lowest BCUT2D eigenvalue weighted by Gasteiger charge is -2.27. The Hall–Kier alpha value is -7.76.